The second kappa shape index (κ2) is 9.88. The van der Waals surface area contributed by atoms with Gasteiger partial charge in [-0.1, -0.05) is 29.6 Å². The minimum atomic E-state index is -2.89. The second-order valence-electron chi connectivity index (χ2n) is 5.43. The van der Waals surface area contributed by atoms with Crippen LogP contribution < -0.4 is 9.47 Å². The Bertz CT molecular complexity index is 939. The highest BCUT2D eigenvalue weighted by Gasteiger charge is 2.13. The fraction of sp³-hybridized carbons (Fsp3) is 0.222. The van der Waals surface area contributed by atoms with Crippen molar-refractivity contribution in [2.45, 2.75) is 28.2 Å². The molecule has 0 atom stereocenters. The number of aromatic nitrogens is 2. The Morgan fingerprint density at radius 2 is 1.79 bits per heavy atom. The molecule has 0 saturated heterocycles. The van der Waals surface area contributed by atoms with Crippen LogP contribution in [-0.4, -0.2) is 29.7 Å². The van der Waals surface area contributed by atoms with Gasteiger partial charge >= 0.3 is 6.61 Å². The van der Waals surface area contributed by atoms with Crippen molar-refractivity contribution in [3.05, 3.63) is 48.0 Å². The van der Waals surface area contributed by atoms with Crippen molar-refractivity contribution >= 4 is 23.5 Å². The number of methoxy groups -OCH3 is 1. The molecule has 0 aliphatic carbocycles. The maximum atomic E-state index is 12.6. The maximum absolute atomic E-state index is 12.6. The Hall–Kier alpha value is -2.40. The molecule has 0 saturated carbocycles. The number of halogens is 4. The van der Waals surface area contributed by atoms with E-state index in [1.807, 2.05) is 0 Å². The van der Waals surface area contributed by atoms with Gasteiger partial charge in [0.15, 0.2) is 0 Å². The number of hydrogen-bond acceptors (Lipinski definition) is 7. The molecule has 0 fully saturated rings. The van der Waals surface area contributed by atoms with Gasteiger partial charge in [0.05, 0.1) is 12.0 Å². The molecule has 5 nitrogen and oxygen atoms in total. The minimum Gasteiger partial charge on any atom is -0.496 e. The van der Waals surface area contributed by atoms with Gasteiger partial charge in [-0.15, -0.1) is 10.2 Å². The Balaban J connectivity index is 1.63. The first-order valence-electron chi connectivity index (χ1n) is 8.08. The SMILES string of the molecule is COc1cc(CSc2nnc(-c3ccc(OC(F)F)cc3)o2)ccc1SC(F)F. The van der Waals surface area contributed by atoms with Crippen LogP contribution in [0, 0.1) is 0 Å². The molecule has 0 aliphatic rings. The van der Waals surface area contributed by atoms with E-state index in [1.165, 1.54) is 43.1 Å². The first-order chi connectivity index (χ1) is 13.9. The third-order valence-corrected chi connectivity index (χ3v) is 5.20. The predicted octanol–water partition coefficient (Wildman–Crippen LogP) is 5.95. The molecule has 3 rings (SSSR count). The van der Waals surface area contributed by atoms with Gasteiger partial charge in [-0.05, 0) is 42.0 Å². The van der Waals surface area contributed by atoms with E-state index in [2.05, 4.69) is 14.9 Å². The van der Waals surface area contributed by atoms with E-state index in [9.17, 15) is 17.6 Å². The summed E-state index contributed by atoms with van der Waals surface area (Å²) < 4.78 is 64.5. The van der Waals surface area contributed by atoms with Crippen LogP contribution in [0.4, 0.5) is 17.6 Å². The summed E-state index contributed by atoms with van der Waals surface area (Å²) in [7, 11) is 1.42. The fourth-order valence-corrected chi connectivity index (χ4v) is 3.61. The normalized spacial score (nSPS) is 11.3. The minimum absolute atomic E-state index is 0.0280. The molecule has 0 spiro atoms. The fourth-order valence-electron chi connectivity index (χ4n) is 2.30. The number of benzene rings is 2. The number of rotatable bonds is 9. The molecule has 0 aliphatic heterocycles. The molecule has 0 unspecified atom stereocenters. The van der Waals surface area contributed by atoms with E-state index >= 15 is 0 Å². The van der Waals surface area contributed by atoms with Gasteiger partial charge in [-0.2, -0.15) is 17.6 Å². The highest BCUT2D eigenvalue weighted by molar-refractivity contribution is 7.99. The Morgan fingerprint density at radius 1 is 1.03 bits per heavy atom. The topological polar surface area (TPSA) is 57.4 Å². The van der Waals surface area contributed by atoms with Crippen LogP contribution in [0.15, 0.2) is 57.0 Å². The van der Waals surface area contributed by atoms with E-state index in [0.717, 1.165) is 5.56 Å². The van der Waals surface area contributed by atoms with Gasteiger partial charge in [-0.25, -0.2) is 0 Å². The molecule has 154 valence electrons. The number of ether oxygens (including phenoxy) is 2. The Kier molecular flexibility index (Phi) is 7.26. The highest BCUT2D eigenvalue weighted by Crippen LogP contribution is 2.35. The van der Waals surface area contributed by atoms with Gasteiger partial charge in [0.1, 0.15) is 11.5 Å². The predicted molar refractivity (Wildman–Crippen MR) is 101 cm³/mol. The van der Waals surface area contributed by atoms with Crippen molar-refractivity contribution in [3.8, 4) is 23.0 Å². The standard InChI is InChI=1S/C18H14F4N2O3S2/c1-25-13-8-10(2-7-14(13)29-17(21)22)9-28-18-24-23-15(27-18)11-3-5-12(6-4-11)26-16(19)20/h2-8,16-17H,9H2,1H3. The molecular formula is C18H14F4N2O3S2. The van der Waals surface area contributed by atoms with Crippen LogP contribution in [0.5, 0.6) is 11.5 Å². The lowest BCUT2D eigenvalue weighted by Gasteiger charge is -2.09. The van der Waals surface area contributed by atoms with Crippen molar-refractivity contribution in [1.82, 2.24) is 10.2 Å². The lowest BCUT2D eigenvalue weighted by atomic mass is 10.2. The molecule has 1 heterocycles. The number of nitrogens with zero attached hydrogens (tertiary/aromatic N) is 2. The zero-order valence-corrected chi connectivity index (χ0v) is 16.5. The van der Waals surface area contributed by atoms with Crippen molar-refractivity contribution in [1.29, 1.82) is 0 Å². The summed E-state index contributed by atoms with van der Waals surface area (Å²) in [4.78, 5) is 0.357. The molecule has 0 bridgehead atoms. The van der Waals surface area contributed by atoms with E-state index < -0.39 is 12.4 Å². The van der Waals surface area contributed by atoms with Crippen LogP contribution in [0.1, 0.15) is 5.56 Å². The zero-order chi connectivity index (χ0) is 20.8. The third kappa shape index (κ3) is 6.04. The van der Waals surface area contributed by atoms with Gasteiger partial charge in [-0.3, -0.25) is 0 Å². The number of alkyl halides is 4. The second-order valence-corrected chi connectivity index (χ2v) is 7.39. The lowest BCUT2D eigenvalue weighted by Crippen LogP contribution is -2.01. The van der Waals surface area contributed by atoms with Crippen LogP contribution in [-0.2, 0) is 5.75 Å². The summed E-state index contributed by atoms with van der Waals surface area (Å²) in [5, 5.41) is 8.17. The van der Waals surface area contributed by atoms with Crippen LogP contribution in [0.3, 0.4) is 0 Å². The first-order valence-corrected chi connectivity index (χ1v) is 9.94. The molecule has 0 amide bonds. The largest absolute Gasteiger partial charge is 0.496 e. The molecule has 0 N–H and O–H groups in total. The van der Waals surface area contributed by atoms with E-state index in [-0.39, 0.29) is 11.6 Å². The number of thioether (sulfide) groups is 2. The average Bonchev–Trinajstić information content (AvgIpc) is 3.16. The third-order valence-electron chi connectivity index (χ3n) is 3.54. The molecule has 11 heteroatoms. The first kappa shape index (κ1) is 21.3. The molecule has 0 radical (unpaired) electrons. The zero-order valence-electron chi connectivity index (χ0n) is 14.9. The summed E-state index contributed by atoms with van der Waals surface area (Å²) in [5.74, 6) is -1.45. The highest BCUT2D eigenvalue weighted by atomic mass is 32.2. The van der Waals surface area contributed by atoms with Crippen LogP contribution >= 0.6 is 23.5 Å². The monoisotopic (exact) mass is 446 g/mol. The van der Waals surface area contributed by atoms with E-state index in [4.69, 9.17) is 9.15 Å². The summed E-state index contributed by atoms with van der Waals surface area (Å²) in [6.45, 7) is -2.89. The number of hydrogen-bond donors (Lipinski definition) is 0. The summed E-state index contributed by atoms with van der Waals surface area (Å²) in [6, 6.07) is 10.8. The molecular weight excluding hydrogens is 432 g/mol. The van der Waals surface area contributed by atoms with Crippen molar-refractivity contribution in [3.63, 3.8) is 0 Å². The van der Waals surface area contributed by atoms with Crippen LogP contribution in [0.25, 0.3) is 11.5 Å². The molecule has 1 aromatic heterocycles. The smallest absolute Gasteiger partial charge is 0.387 e. The maximum Gasteiger partial charge on any atom is 0.387 e. The molecule has 29 heavy (non-hydrogen) atoms. The Morgan fingerprint density at radius 3 is 2.45 bits per heavy atom. The van der Waals surface area contributed by atoms with Gasteiger partial charge < -0.3 is 13.9 Å². The van der Waals surface area contributed by atoms with Gasteiger partial charge in [0.25, 0.3) is 11.0 Å². The summed E-state index contributed by atoms with van der Waals surface area (Å²) in [5.41, 5.74) is 1.39. The van der Waals surface area contributed by atoms with Gasteiger partial charge in [0, 0.05) is 11.3 Å². The average molecular weight is 446 g/mol. The van der Waals surface area contributed by atoms with E-state index in [0.29, 0.717) is 38.9 Å². The summed E-state index contributed by atoms with van der Waals surface area (Å²) in [6.07, 6.45) is 0. The van der Waals surface area contributed by atoms with Crippen molar-refractivity contribution < 1.29 is 31.5 Å². The Labute approximate surface area is 171 Å². The lowest BCUT2D eigenvalue weighted by molar-refractivity contribution is -0.0498. The van der Waals surface area contributed by atoms with Crippen molar-refractivity contribution in [2.75, 3.05) is 7.11 Å². The summed E-state index contributed by atoms with van der Waals surface area (Å²) >= 11 is 1.69. The molecule has 2 aromatic carbocycles. The molecule has 3 aromatic rings. The van der Waals surface area contributed by atoms with Crippen molar-refractivity contribution in [2.24, 2.45) is 0 Å². The van der Waals surface area contributed by atoms with E-state index in [1.54, 1.807) is 18.2 Å². The quantitative estimate of drug-likeness (QED) is 0.297. The van der Waals surface area contributed by atoms with Gasteiger partial charge in [0.2, 0.25) is 5.89 Å². The van der Waals surface area contributed by atoms with Crippen LogP contribution in [0.2, 0.25) is 0 Å².